The van der Waals surface area contributed by atoms with E-state index in [1.807, 2.05) is 24.3 Å². The zero-order chi connectivity index (χ0) is 15.9. The van der Waals surface area contributed by atoms with Gasteiger partial charge in [0.1, 0.15) is 0 Å². The van der Waals surface area contributed by atoms with E-state index in [0.29, 0.717) is 5.02 Å². The molecule has 0 unspecified atom stereocenters. The molecule has 2 atom stereocenters. The van der Waals surface area contributed by atoms with Crippen molar-refractivity contribution in [1.29, 1.82) is 0 Å². The molecular weight excluding hydrogens is 334 g/mol. The SMILES string of the molecule is FC(F)(F)C1=C(Cl)C=CN([C@H]2CC[C@H]2c2ccc(Cl)cc2)C1. The van der Waals surface area contributed by atoms with Gasteiger partial charge in [0.05, 0.1) is 10.6 Å². The molecule has 118 valence electrons. The third kappa shape index (κ3) is 2.99. The summed E-state index contributed by atoms with van der Waals surface area (Å²) in [6.07, 6.45) is 0.463. The van der Waals surface area contributed by atoms with Crippen LogP contribution in [0.15, 0.2) is 47.1 Å². The van der Waals surface area contributed by atoms with E-state index in [0.717, 1.165) is 18.4 Å². The van der Waals surface area contributed by atoms with Crippen molar-refractivity contribution in [3.05, 3.63) is 57.7 Å². The summed E-state index contributed by atoms with van der Waals surface area (Å²) in [6.45, 7) is -0.187. The van der Waals surface area contributed by atoms with Crippen LogP contribution in [-0.4, -0.2) is 23.7 Å². The Hall–Kier alpha value is -1.13. The number of alkyl halides is 3. The third-order valence-electron chi connectivity index (χ3n) is 4.35. The average molecular weight is 348 g/mol. The molecule has 0 spiro atoms. The summed E-state index contributed by atoms with van der Waals surface area (Å²) < 4.78 is 39.0. The van der Waals surface area contributed by atoms with Gasteiger partial charge in [0, 0.05) is 29.7 Å². The molecule has 0 aromatic heterocycles. The van der Waals surface area contributed by atoms with E-state index in [1.54, 1.807) is 11.1 Å². The Balaban J connectivity index is 1.76. The summed E-state index contributed by atoms with van der Waals surface area (Å²) >= 11 is 11.6. The van der Waals surface area contributed by atoms with E-state index in [1.165, 1.54) is 6.08 Å². The summed E-state index contributed by atoms with van der Waals surface area (Å²) in [6, 6.07) is 7.59. The Morgan fingerprint density at radius 1 is 1.05 bits per heavy atom. The molecule has 0 amide bonds. The van der Waals surface area contributed by atoms with Crippen LogP contribution in [0, 0.1) is 0 Å². The molecule has 0 radical (unpaired) electrons. The first-order valence-corrected chi connectivity index (χ1v) is 7.77. The standard InChI is InChI=1S/C16H14Cl2F3N/c17-11-3-1-10(2-4-11)12-5-6-15(12)22-8-7-14(18)13(9-22)16(19,20)21/h1-4,7-8,12,15H,5-6,9H2/t12-,15-/m0/s1. The van der Waals surface area contributed by atoms with Crippen LogP contribution in [0.5, 0.6) is 0 Å². The lowest BCUT2D eigenvalue weighted by molar-refractivity contribution is -0.0969. The molecule has 6 heteroatoms. The molecule has 1 heterocycles. The highest BCUT2D eigenvalue weighted by atomic mass is 35.5. The molecule has 1 nitrogen and oxygen atoms in total. The minimum atomic E-state index is -4.39. The first-order chi connectivity index (χ1) is 10.4. The van der Waals surface area contributed by atoms with Crippen molar-refractivity contribution in [2.45, 2.75) is 31.0 Å². The molecule has 0 bridgehead atoms. The molecule has 3 rings (SSSR count). The zero-order valence-corrected chi connectivity index (χ0v) is 13.1. The quantitative estimate of drug-likeness (QED) is 0.685. The fourth-order valence-electron chi connectivity index (χ4n) is 3.00. The highest BCUT2D eigenvalue weighted by Gasteiger charge is 2.42. The van der Waals surface area contributed by atoms with Gasteiger partial charge in [0.2, 0.25) is 0 Å². The first-order valence-electron chi connectivity index (χ1n) is 7.01. The van der Waals surface area contributed by atoms with Crippen molar-refractivity contribution in [2.24, 2.45) is 0 Å². The van der Waals surface area contributed by atoms with E-state index in [9.17, 15) is 13.2 Å². The van der Waals surface area contributed by atoms with E-state index in [2.05, 4.69) is 0 Å². The fourth-order valence-corrected chi connectivity index (χ4v) is 3.35. The van der Waals surface area contributed by atoms with Crippen molar-refractivity contribution in [2.75, 3.05) is 6.54 Å². The molecule has 22 heavy (non-hydrogen) atoms. The molecule has 1 aliphatic heterocycles. The summed E-state index contributed by atoms with van der Waals surface area (Å²) in [5.41, 5.74) is 0.446. The minimum absolute atomic E-state index is 0.0690. The Labute approximate surface area is 137 Å². The third-order valence-corrected chi connectivity index (χ3v) is 4.95. The summed E-state index contributed by atoms with van der Waals surface area (Å²) in [4.78, 5) is 1.75. The predicted octanol–water partition coefficient (Wildman–Crippen LogP) is 5.47. The maximum atomic E-state index is 13.0. The number of halogens is 5. The molecule has 1 saturated carbocycles. The van der Waals surface area contributed by atoms with Crippen molar-refractivity contribution < 1.29 is 13.2 Å². The van der Waals surface area contributed by atoms with Crippen LogP contribution < -0.4 is 0 Å². The van der Waals surface area contributed by atoms with Crippen molar-refractivity contribution in [3.63, 3.8) is 0 Å². The maximum Gasteiger partial charge on any atom is 0.415 e. The second-order valence-corrected chi connectivity index (χ2v) is 6.46. The number of hydrogen-bond donors (Lipinski definition) is 0. The summed E-state index contributed by atoms with van der Waals surface area (Å²) in [7, 11) is 0. The first kappa shape index (κ1) is 15.8. The maximum absolute atomic E-state index is 13.0. The number of rotatable bonds is 2. The average Bonchev–Trinajstić information content (AvgIpc) is 2.41. The number of allylic oxidation sites excluding steroid dienone is 2. The minimum Gasteiger partial charge on any atom is -0.369 e. The molecule has 1 aromatic carbocycles. The smallest absolute Gasteiger partial charge is 0.369 e. The highest BCUT2D eigenvalue weighted by molar-refractivity contribution is 6.31. The van der Waals surface area contributed by atoms with Gasteiger partial charge >= 0.3 is 6.18 Å². The van der Waals surface area contributed by atoms with Crippen molar-refractivity contribution >= 4 is 23.2 Å². The van der Waals surface area contributed by atoms with Gasteiger partial charge in [0.25, 0.3) is 0 Å². The largest absolute Gasteiger partial charge is 0.415 e. The van der Waals surface area contributed by atoms with Gasteiger partial charge in [-0.15, -0.1) is 0 Å². The molecule has 1 fully saturated rings. The monoisotopic (exact) mass is 347 g/mol. The van der Waals surface area contributed by atoms with Gasteiger partial charge < -0.3 is 4.90 Å². The Morgan fingerprint density at radius 3 is 2.27 bits per heavy atom. The second kappa shape index (κ2) is 5.82. The van der Waals surface area contributed by atoms with Gasteiger partial charge in [-0.25, -0.2) is 0 Å². The van der Waals surface area contributed by atoms with Gasteiger partial charge in [-0.1, -0.05) is 35.3 Å². The van der Waals surface area contributed by atoms with E-state index >= 15 is 0 Å². The van der Waals surface area contributed by atoms with Crippen LogP contribution in [0.4, 0.5) is 13.2 Å². The topological polar surface area (TPSA) is 3.24 Å². The fraction of sp³-hybridized carbons (Fsp3) is 0.375. The van der Waals surface area contributed by atoms with Crippen LogP contribution in [-0.2, 0) is 0 Å². The molecule has 1 aliphatic carbocycles. The molecule has 2 aliphatic rings. The summed E-state index contributed by atoms with van der Waals surface area (Å²) in [5.74, 6) is 0.230. The number of benzene rings is 1. The Kier molecular flexibility index (Phi) is 4.17. The number of hydrogen-bond acceptors (Lipinski definition) is 1. The molecular formula is C16H14Cl2F3N. The molecule has 1 aromatic rings. The zero-order valence-electron chi connectivity index (χ0n) is 11.6. The molecule has 0 saturated heterocycles. The van der Waals surface area contributed by atoms with Crippen LogP contribution in [0.2, 0.25) is 5.02 Å². The van der Waals surface area contributed by atoms with Crippen LogP contribution in [0.1, 0.15) is 24.3 Å². The normalized spacial score (nSPS) is 25.4. The lowest BCUT2D eigenvalue weighted by Crippen LogP contribution is -2.45. The van der Waals surface area contributed by atoms with Crippen molar-refractivity contribution in [1.82, 2.24) is 4.90 Å². The van der Waals surface area contributed by atoms with Crippen LogP contribution in [0.25, 0.3) is 0 Å². The van der Waals surface area contributed by atoms with E-state index < -0.39 is 11.7 Å². The second-order valence-electron chi connectivity index (χ2n) is 5.62. The summed E-state index contributed by atoms with van der Waals surface area (Å²) in [5, 5.41) is 0.442. The molecule has 0 N–H and O–H groups in total. The number of nitrogens with zero attached hydrogens (tertiary/aromatic N) is 1. The van der Waals surface area contributed by atoms with Gasteiger partial charge in [-0.3, -0.25) is 0 Å². The van der Waals surface area contributed by atoms with Crippen LogP contribution in [0.3, 0.4) is 0 Å². The Bertz CT molecular complexity index is 619. The predicted molar refractivity (Wildman–Crippen MR) is 82.0 cm³/mol. The van der Waals surface area contributed by atoms with Gasteiger partial charge in [-0.2, -0.15) is 13.2 Å². The van der Waals surface area contributed by atoms with Gasteiger partial charge in [0.15, 0.2) is 0 Å². The lowest BCUT2D eigenvalue weighted by atomic mass is 9.74. The lowest BCUT2D eigenvalue weighted by Gasteiger charge is -2.45. The van der Waals surface area contributed by atoms with E-state index in [-0.39, 0.29) is 23.5 Å². The van der Waals surface area contributed by atoms with Crippen LogP contribution >= 0.6 is 23.2 Å². The van der Waals surface area contributed by atoms with Crippen molar-refractivity contribution in [3.8, 4) is 0 Å². The van der Waals surface area contributed by atoms with Gasteiger partial charge in [-0.05, 0) is 36.6 Å². The Morgan fingerprint density at radius 2 is 1.73 bits per heavy atom. The highest BCUT2D eigenvalue weighted by Crippen LogP contribution is 2.43. The van der Waals surface area contributed by atoms with E-state index in [4.69, 9.17) is 23.2 Å².